The molecule has 0 unspecified atom stereocenters. The van der Waals surface area contributed by atoms with Crippen LogP contribution in [0.1, 0.15) is 30.0 Å². The zero-order chi connectivity index (χ0) is 21.9. The van der Waals surface area contributed by atoms with E-state index in [-0.39, 0.29) is 28.7 Å². The van der Waals surface area contributed by atoms with Gasteiger partial charge in [0.05, 0.1) is 23.0 Å². The van der Waals surface area contributed by atoms with Gasteiger partial charge in [-0.1, -0.05) is 37.6 Å². The van der Waals surface area contributed by atoms with Crippen LogP contribution in [0.4, 0.5) is 29.2 Å². The molecule has 3 rings (SSSR count). The number of nitrogens with two attached hydrogens (primary N) is 2. The normalized spacial score (nSPS) is 12.2. The Labute approximate surface area is 170 Å². The second-order valence-electron chi connectivity index (χ2n) is 6.59. The standard InChI is InChI=1S/C21H19F4N5/c1-2-5-12-6-3-4-7-15(12)17-8-13(21(23,24)25)9-18(29-17)30-20(27)16-10-14(22)11-28-19(16)26/h3-4,6-11H,2,5H2,1H3,(H2,26,28)(H2,27,29,30). The number of alkyl halides is 3. The topological polar surface area (TPSA) is 90.2 Å². The fourth-order valence-electron chi connectivity index (χ4n) is 2.97. The van der Waals surface area contributed by atoms with E-state index in [9.17, 15) is 17.6 Å². The number of nitrogen functional groups attached to an aromatic ring is 1. The third kappa shape index (κ3) is 4.73. The van der Waals surface area contributed by atoms with Gasteiger partial charge in [0.25, 0.3) is 0 Å². The third-order valence-corrected chi connectivity index (χ3v) is 4.35. The lowest BCUT2D eigenvalue weighted by atomic mass is 9.99. The maximum Gasteiger partial charge on any atom is 0.416 e. The van der Waals surface area contributed by atoms with Crippen LogP contribution in [-0.2, 0) is 12.6 Å². The molecule has 9 heteroatoms. The minimum absolute atomic E-state index is 0.0258. The van der Waals surface area contributed by atoms with Crippen molar-refractivity contribution in [3.05, 3.63) is 71.2 Å². The molecule has 0 aliphatic rings. The number of hydrogen-bond donors (Lipinski definition) is 2. The van der Waals surface area contributed by atoms with Crippen molar-refractivity contribution >= 4 is 17.5 Å². The zero-order valence-corrected chi connectivity index (χ0v) is 16.0. The summed E-state index contributed by atoms with van der Waals surface area (Å²) in [5, 5.41) is 0. The molecule has 0 radical (unpaired) electrons. The number of anilines is 1. The van der Waals surface area contributed by atoms with Crippen LogP contribution in [0.25, 0.3) is 11.3 Å². The molecular formula is C21H19F4N5. The molecular weight excluding hydrogens is 398 g/mol. The fraction of sp³-hybridized carbons (Fsp3) is 0.190. The van der Waals surface area contributed by atoms with E-state index >= 15 is 0 Å². The van der Waals surface area contributed by atoms with Gasteiger partial charge in [0.1, 0.15) is 17.5 Å². The van der Waals surface area contributed by atoms with Crippen LogP contribution < -0.4 is 11.5 Å². The molecule has 0 fully saturated rings. The summed E-state index contributed by atoms with van der Waals surface area (Å²) in [6, 6.07) is 9.86. The first kappa shape index (κ1) is 21.2. The van der Waals surface area contributed by atoms with E-state index in [0.717, 1.165) is 36.4 Å². The van der Waals surface area contributed by atoms with Crippen molar-refractivity contribution in [1.29, 1.82) is 0 Å². The lowest BCUT2D eigenvalue weighted by molar-refractivity contribution is -0.137. The minimum Gasteiger partial charge on any atom is -0.383 e. The van der Waals surface area contributed by atoms with Crippen LogP contribution in [0.15, 0.2) is 53.7 Å². The molecule has 156 valence electrons. The second-order valence-corrected chi connectivity index (χ2v) is 6.59. The van der Waals surface area contributed by atoms with Gasteiger partial charge in [-0.3, -0.25) is 0 Å². The Balaban J connectivity index is 2.16. The zero-order valence-electron chi connectivity index (χ0n) is 16.0. The van der Waals surface area contributed by atoms with Crippen LogP contribution in [-0.4, -0.2) is 15.8 Å². The number of benzene rings is 1. The molecule has 3 aromatic rings. The number of halogens is 4. The first-order valence-electron chi connectivity index (χ1n) is 9.12. The Morgan fingerprint density at radius 3 is 2.57 bits per heavy atom. The summed E-state index contributed by atoms with van der Waals surface area (Å²) < 4.78 is 54.0. The molecule has 0 aliphatic carbocycles. The van der Waals surface area contributed by atoms with Gasteiger partial charge in [0.2, 0.25) is 0 Å². The number of hydrogen-bond acceptors (Lipinski definition) is 4. The first-order valence-corrected chi connectivity index (χ1v) is 9.12. The first-order chi connectivity index (χ1) is 14.2. The van der Waals surface area contributed by atoms with Crippen molar-refractivity contribution in [2.24, 2.45) is 10.7 Å². The summed E-state index contributed by atoms with van der Waals surface area (Å²) in [6.07, 6.45) is -2.21. The minimum atomic E-state index is -4.62. The number of aromatic nitrogens is 2. The molecule has 0 saturated carbocycles. The van der Waals surface area contributed by atoms with E-state index in [2.05, 4.69) is 15.0 Å². The third-order valence-electron chi connectivity index (χ3n) is 4.35. The number of rotatable bonds is 5. The molecule has 4 N–H and O–H groups in total. The van der Waals surface area contributed by atoms with Crippen molar-refractivity contribution in [1.82, 2.24) is 9.97 Å². The monoisotopic (exact) mass is 417 g/mol. The number of aliphatic imine (C=N–C) groups is 1. The quantitative estimate of drug-likeness (QED) is 0.352. The summed E-state index contributed by atoms with van der Waals surface area (Å²) in [6.45, 7) is 1.98. The molecule has 5 nitrogen and oxygen atoms in total. The number of aryl methyl sites for hydroxylation is 1. The number of amidine groups is 1. The summed E-state index contributed by atoms with van der Waals surface area (Å²) in [7, 11) is 0. The summed E-state index contributed by atoms with van der Waals surface area (Å²) in [5.41, 5.74) is 12.2. The fourth-order valence-corrected chi connectivity index (χ4v) is 2.97. The lowest BCUT2D eigenvalue weighted by Crippen LogP contribution is -2.16. The molecule has 0 saturated heterocycles. The largest absolute Gasteiger partial charge is 0.416 e. The second kappa shape index (κ2) is 8.48. The van der Waals surface area contributed by atoms with Gasteiger partial charge in [0.15, 0.2) is 5.82 Å². The Hall–Kier alpha value is -3.49. The molecule has 1 aromatic carbocycles. The highest BCUT2D eigenvalue weighted by molar-refractivity contribution is 6.02. The Morgan fingerprint density at radius 1 is 1.13 bits per heavy atom. The average Bonchev–Trinajstić information content (AvgIpc) is 2.69. The smallest absolute Gasteiger partial charge is 0.383 e. The Kier molecular flexibility index (Phi) is 6.00. The highest BCUT2D eigenvalue weighted by atomic mass is 19.4. The molecule has 0 bridgehead atoms. The predicted octanol–water partition coefficient (Wildman–Crippen LogP) is 4.87. The summed E-state index contributed by atoms with van der Waals surface area (Å²) in [5.74, 6) is -1.37. The molecule has 2 heterocycles. The Morgan fingerprint density at radius 2 is 1.87 bits per heavy atom. The van der Waals surface area contributed by atoms with Gasteiger partial charge in [-0.05, 0) is 30.2 Å². The van der Waals surface area contributed by atoms with Gasteiger partial charge in [0, 0.05) is 5.56 Å². The van der Waals surface area contributed by atoms with Crippen LogP contribution >= 0.6 is 0 Å². The predicted molar refractivity (Wildman–Crippen MR) is 108 cm³/mol. The number of nitrogens with zero attached hydrogens (tertiary/aromatic N) is 3. The maximum atomic E-state index is 13.5. The highest BCUT2D eigenvalue weighted by Gasteiger charge is 2.32. The summed E-state index contributed by atoms with van der Waals surface area (Å²) >= 11 is 0. The van der Waals surface area contributed by atoms with E-state index in [1.165, 1.54) is 0 Å². The number of pyridine rings is 2. The van der Waals surface area contributed by atoms with Gasteiger partial charge < -0.3 is 11.5 Å². The van der Waals surface area contributed by atoms with Crippen LogP contribution in [0.2, 0.25) is 0 Å². The van der Waals surface area contributed by atoms with E-state index in [1.807, 2.05) is 19.1 Å². The van der Waals surface area contributed by atoms with Gasteiger partial charge >= 0.3 is 6.18 Å². The van der Waals surface area contributed by atoms with Crippen LogP contribution in [0.5, 0.6) is 0 Å². The van der Waals surface area contributed by atoms with Crippen molar-refractivity contribution in [2.45, 2.75) is 25.9 Å². The van der Waals surface area contributed by atoms with Crippen molar-refractivity contribution in [3.63, 3.8) is 0 Å². The van der Waals surface area contributed by atoms with Gasteiger partial charge in [-0.2, -0.15) is 13.2 Å². The van der Waals surface area contributed by atoms with E-state index in [1.54, 1.807) is 12.1 Å². The molecule has 0 aliphatic heterocycles. The molecule has 0 spiro atoms. The molecule has 0 atom stereocenters. The summed E-state index contributed by atoms with van der Waals surface area (Å²) in [4.78, 5) is 11.9. The van der Waals surface area contributed by atoms with Crippen LogP contribution in [0.3, 0.4) is 0 Å². The van der Waals surface area contributed by atoms with Gasteiger partial charge in [-0.25, -0.2) is 19.4 Å². The van der Waals surface area contributed by atoms with Crippen LogP contribution in [0, 0.1) is 5.82 Å². The Bertz CT molecular complexity index is 1090. The molecule has 0 amide bonds. The molecule has 30 heavy (non-hydrogen) atoms. The lowest BCUT2D eigenvalue weighted by Gasteiger charge is -2.13. The van der Waals surface area contributed by atoms with Gasteiger partial charge in [-0.15, -0.1) is 0 Å². The van der Waals surface area contributed by atoms with Crippen molar-refractivity contribution < 1.29 is 17.6 Å². The van der Waals surface area contributed by atoms with E-state index < -0.39 is 17.6 Å². The maximum absolute atomic E-state index is 13.5. The van der Waals surface area contributed by atoms with E-state index in [0.29, 0.717) is 12.0 Å². The average molecular weight is 417 g/mol. The van der Waals surface area contributed by atoms with E-state index in [4.69, 9.17) is 11.5 Å². The SMILES string of the molecule is CCCc1ccccc1-c1cc(C(F)(F)F)cc(/N=C(/N)c2cc(F)cnc2N)n1. The van der Waals surface area contributed by atoms with Crippen molar-refractivity contribution in [3.8, 4) is 11.3 Å². The highest BCUT2D eigenvalue weighted by Crippen LogP contribution is 2.35. The molecule has 2 aromatic heterocycles. The van der Waals surface area contributed by atoms with Crippen molar-refractivity contribution in [2.75, 3.05) is 5.73 Å².